The van der Waals surface area contributed by atoms with Gasteiger partial charge in [0.25, 0.3) is 5.69 Å². The lowest BCUT2D eigenvalue weighted by Crippen LogP contribution is -2.42. The SMILES string of the molecule is O=[N+]([O-])c1ccc(N[C@H]2CCN3CCCC[C@@H]23)c(S(=O)(=O)N2CCCC2)c1. The minimum absolute atomic E-state index is 0.0351. The van der Waals surface area contributed by atoms with Crippen molar-refractivity contribution in [2.24, 2.45) is 0 Å². The van der Waals surface area contributed by atoms with Crippen molar-refractivity contribution in [2.75, 3.05) is 31.5 Å². The summed E-state index contributed by atoms with van der Waals surface area (Å²) < 4.78 is 27.7. The minimum Gasteiger partial charge on any atom is -0.380 e. The van der Waals surface area contributed by atoms with E-state index in [1.807, 2.05) is 0 Å². The summed E-state index contributed by atoms with van der Waals surface area (Å²) in [5, 5.41) is 14.6. The highest BCUT2D eigenvalue weighted by Crippen LogP contribution is 2.34. The fourth-order valence-corrected chi connectivity index (χ4v) is 6.33. The number of piperidine rings is 1. The summed E-state index contributed by atoms with van der Waals surface area (Å²) in [6.07, 6.45) is 6.14. The Bertz CT molecular complexity index is 823. The lowest BCUT2D eigenvalue weighted by Gasteiger charge is -2.33. The average Bonchev–Trinajstić information content (AvgIpc) is 3.33. The first-order valence-corrected chi connectivity index (χ1v) is 11.2. The van der Waals surface area contributed by atoms with Crippen LogP contribution in [0.5, 0.6) is 0 Å². The van der Waals surface area contributed by atoms with Gasteiger partial charge < -0.3 is 5.32 Å². The smallest absolute Gasteiger partial charge is 0.270 e. The van der Waals surface area contributed by atoms with Crippen molar-refractivity contribution in [3.63, 3.8) is 0 Å². The Morgan fingerprint density at radius 3 is 2.52 bits per heavy atom. The zero-order valence-electron chi connectivity index (χ0n) is 15.3. The fourth-order valence-electron chi connectivity index (χ4n) is 4.64. The maximum atomic E-state index is 13.1. The highest BCUT2D eigenvalue weighted by atomic mass is 32.2. The first-order chi connectivity index (χ1) is 13.0. The molecular formula is C18H26N4O4S. The van der Waals surface area contributed by atoms with Crippen LogP contribution in [0.3, 0.4) is 0 Å². The number of non-ortho nitro benzene ring substituents is 1. The van der Waals surface area contributed by atoms with E-state index in [2.05, 4.69) is 10.2 Å². The number of sulfonamides is 1. The largest absolute Gasteiger partial charge is 0.380 e. The van der Waals surface area contributed by atoms with E-state index in [0.717, 1.165) is 38.8 Å². The molecule has 3 saturated heterocycles. The van der Waals surface area contributed by atoms with Crippen molar-refractivity contribution in [1.82, 2.24) is 9.21 Å². The number of rotatable bonds is 5. The molecule has 0 amide bonds. The summed E-state index contributed by atoms with van der Waals surface area (Å²) in [7, 11) is -3.74. The molecule has 1 aromatic carbocycles. The summed E-state index contributed by atoms with van der Waals surface area (Å²) in [4.78, 5) is 13.2. The number of nitro groups is 1. The molecule has 8 nitrogen and oxygen atoms in total. The van der Waals surface area contributed by atoms with E-state index in [0.29, 0.717) is 24.8 Å². The van der Waals surface area contributed by atoms with Gasteiger partial charge in [-0.15, -0.1) is 0 Å². The molecule has 0 aromatic heterocycles. The zero-order chi connectivity index (χ0) is 19.0. The number of nitro benzene ring substituents is 1. The predicted molar refractivity (Wildman–Crippen MR) is 102 cm³/mol. The standard InChI is InChI=1S/C18H26N4O4S/c23-22(24)14-6-7-16(18(13-14)27(25,26)21-10-3-4-11-21)19-15-8-12-20-9-2-1-5-17(15)20/h6-7,13,15,17,19H,1-5,8-12H2/t15-,17-/m0/s1. The van der Waals surface area contributed by atoms with Crippen LogP contribution >= 0.6 is 0 Å². The van der Waals surface area contributed by atoms with E-state index in [-0.39, 0.29) is 16.6 Å². The van der Waals surface area contributed by atoms with E-state index >= 15 is 0 Å². The van der Waals surface area contributed by atoms with Gasteiger partial charge >= 0.3 is 0 Å². The number of nitrogens with one attached hydrogen (secondary N) is 1. The molecule has 27 heavy (non-hydrogen) atoms. The summed E-state index contributed by atoms with van der Waals surface area (Å²) >= 11 is 0. The van der Waals surface area contributed by atoms with Crippen LogP contribution in [-0.2, 0) is 10.0 Å². The monoisotopic (exact) mass is 394 g/mol. The normalized spacial score (nSPS) is 26.8. The third-order valence-electron chi connectivity index (χ3n) is 6.06. The maximum absolute atomic E-state index is 13.1. The van der Waals surface area contributed by atoms with Crippen molar-refractivity contribution in [2.45, 2.75) is 55.5 Å². The highest BCUT2D eigenvalue weighted by molar-refractivity contribution is 7.89. The number of fused-ring (bicyclic) bond motifs is 1. The molecule has 9 heteroatoms. The highest BCUT2D eigenvalue weighted by Gasteiger charge is 2.37. The van der Waals surface area contributed by atoms with Crippen molar-refractivity contribution in [3.05, 3.63) is 28.3 Å². The van der Waals surface area contributed by atoms with Crippen LogP contribution < -0.4 is 5.32 Å². The molecule has 4 rings (SSSR count). The molecule has 3 aliphatic heterocycles. The lowest BCUT2D eigenvalue weighted by atomic mass is 9.99. The van der Waals surface area contributed by atoms with Crippen molar-refractivity contribution in [1.29, 1.82) is 0 Å². The fraction of sp³-hybridized carbons (Fsp3) is 0.667. The Kier molecular flexibility index (Phi) is 5.09. The molecule has 0 bridgehead atoms. The molecule has 148 valence electrons. The van der Waals surface area contributed by atoms with Crippen molar-refractivity contribution < 1.29 is 13.3 Å². The van der Waals surface area contributed by atoms with Gasteiger partial charge in [-0.2, -0.15) is 4.31 Å². The second kappa shape index (κ2) is 7.37. The molecular weight excluding hydrogens is 368 g/mol. The zero-order valence-corrected chi connectivity index (χ0v) is 16.2. The number of anilines is 1. The molecule has 3 fully saturated rings. The summed E-state index contributed by atoms with van der Waals surface area (Å²) in [6.45, 7) is 3.07. The molecule has 3 heterocycles. The van der Waals surface area contributed by atoms with Gasteiger partial charge in [-0.05, 0) is 44.7 Å². The molecule has 0 aliphatic carbocycles. The quantitative estimate of drug-likeness (QED) is 0.609. The maximum Gasteiger partial charge on any atom is 0.270 e. The van der Waals surface area contributed by atoms with Crippen molar-refractivity contribution in [3.8, 4) is 0 Å². The van der Waals surface area contributed by atoms with Crippen LogP contribution in [0, 0.1) is 10.1 Å². The van der Waals surface area contributed by atoms with Crippen LogP contribution in [-0.4, -0.2) is 60.8 Å². The van der Waals surface area contributed by atoms with Crippen LogP contribution in [0.15, 0.2) is 23.1 Å². The van der Waals surface area contributed by atoms with E-state index in [4.69, 9.17) is 0 Å². The number of hydrogen-bond donors (Lipinski definition) is 1. The minimum atomic E-state index is -3.74. The number of benzene rings is 1. The molecule has 0 radical (unpaired) electrons. The van der Waals surface area contributed by atoms with Gasteiger partial charge in [-0.1, -0.05) is 6.42 Å². The van der Waals surface area contributed by atoms with Gasteiger partial charge in [0.05, 0.1) is 10.6 Å². The third-order valence-corrected chi connectivity index (χ3v) is 7.99. The van der Waals surface area contributed by atoms with E-state index in [9.17, 15) is 18.5 Å². The Morgan fingerprint density at radius 1 is 1.04 bits per heavy atom. The molecule has 3 aliphatic rings. The van der Waals surface area contributed by atoms with E-state index in [1.54, 1.807) is 6.07 Å². The molecule has 1 aromatic rings. The van der Waals surface area contributed by atoms with Gasteiger partial charge in [-0.25, -0.2) is 8.42 Å². The van der Waals surface area contributed by atoms with E-state index in [1.165, 1.54) is 29.3 Å². The first kappa shape index (κ1) is 18.6. The van der Waals surface area contributed by atoms with Gasteiger partial charge in [0.2, 0.25) is 10.0 Å². The van der Waals surface area contributed by atoms with Crippen LogP contribution in [0.1, 0.15) is 38.5 Å². The Labute approximate surface area is 159 Å². The lowest BCUT2D eigenvalue weighted by molar-refractivity contribution is -0.385. The summed E-state index contributed by atoms with van der Waals surface area (Å²) in [5.74, 6) is 0. The topological polar surface area (TPSA) is 95.8 Å². The average molecular weight is 394 g/mol. The van der Waals surface area contributed by atoms with Gasteiger partial charge in [0, 0.05) is 43.9 Å². The Balaban J connectivity index is 1.66. The van der Waals surface area contributed by atoms with Crippen LogP contribution in [0.2, 0.25) is 0 Å². The van der Waals surface area contributed by atoms with Crippen molar-refractivity contribution >= 4 is 21.4 Å². The molecule has 1 N–H and O–H groups in total. The van der Waals surface area contributed by atoms with Crippen LogP contribution in [0.4, 0.5) is 11.4 Å². The molecule has 0 unspecified atom stereocenters. The van der Waals surface area contributed by atoms with Gasteiger partial charge in [0.1, 0.15) is 4.90 Å². The van der Waals surface area contributed by atoms with Gasteiger partial charge in [-0.3, -0.25) is 15.0 Å². The molecule has 0 spiro atoms. The third kappa shape index (κ3) is 3.55. The van der Waals surface area contributed by atoms with E-state index < -0.39 is 14.9 Å². The molecule has 0 saturated carbocycles. The number of hydrogen-bond acceptors (Lipinski definition) is 6. The van der Waals surface area contributed by atoms with Crippen LogP contribution in [0.25, 0.3) is 0 Å². The second-order valence-corrected chi connectivity index (χ2v) is 9.59. The number of nitrogens with zero attached hydrogens (tertiary/aromatic N) is 3. The molecule has 2 atom stereocenters. The van der Waals surface area contributed by atoms with Gasteiger partial charge in [0.15, 0.2) is 0 Å². The predicted octanol–water partition coefficient (Wildman–Crippen LogP) is 2.42. The first-order valence-electron chi connectivity index (χ1n) is 9.76. The second-order valence-electron chi connectivity index (χ2n) is 7.69. The Hall–Kier alpha value is -1.71. The summed E-state index contributed by atoms with van der Waals surface area (Å²) in [5.41, 5.74) is 0.300. The Morgan fingerprint density at radius 2 is 1.78 bits per heavy atom. The summed E-state index contributed by atoms with van der Waals surface area (Å²) in [6, 6.07) is 4.75.